The van der Waals surface area contributed by atoms with Crippen molar-refractivity contribution in [3.05, 3.63) is 35.6 Å². The van der Waals surface area contributed by atoms with Crippen LogP contribution < -0.4 is 5.32 Å². The molecule has 0 bridgehead atoms. The maximum Gasteiger partial charge on any atom is 0.303 e. The summed E-state index contributed by atoms with van der Waals surface area (Å²) in [4.78, 5) is 1.71. The van der Waals surface area contributed by atoms with Gasteiger partial charge in [-0.2, -0.15) is 0 Å². The van der Waals surface area contributed by atoms with Gasteiger partial charge < -0.3 is 14.8 Å². The molecule has 1 aromatic heterocycles. The summed E-state index contributed by atoms with van der Waals surface area (Å²) >= 11 is 0. The van der Waals surface area contributed by atoms with E-state index >= 15 is 0 Å². The van der Waals surface area contributed by atoms with E-state index in [0.29, 0.717) is 23.4 Å². The number of nitrogens with one attached hydrogen (secondary N) is 1. The zero-order valence-electron chi connectivity index (χ0n) is 12.2. The predicted octanol–water partition coefficient (Wildman–Crippen LogP) is 0.858. The van der Waals surface area contributed by atoms with Gasteiger partial charge in [-0.05, 0) is 31.1 Å². The lowest BCUT2D eigenvalue weighted by Crippen LogP contribution is -2.30. The molecule has 3 rings (SSSR count). The number of piperidine rings is 1. The number of hydrogen-bond donors (Lipinski definition) is 1. The summed E-state index contributed by atoms with van der Waals surface area (Å²) < 4.78 is 10.5. The molecule has 0 saturated carbocycles. The van der Waals surface area contributed by atoms with Gasteiger partial charge in [-0.25, -0.2) is 0 Å². The van der Waals surface area contributed by atoms with E-state index in [2.05, 4.69) is 26.8 Å². The second kappa shape index (κ2) is 6.03. The van der Waals surface area contributed by atoms with Crippen LogP contribution in [0.15, 0.2) is 23.7 Å². The number of rotatable bonds is 4. The number of tetrazole rings is 1. The van der Waals surface area contributed by atoms with E-state index in [1.54, 1.807) is 19.0 Å². The van der Waals surface area contributed by atoms with E-state index in [1.165, 1.54) is 0 Å². The summed E-state index contributed by atoms with van der Waals surface area (Å²) in [6.45, 7) is 1.98. The predicted molar refractivity (Wildman–Crippen MR) is 75.8 cm³/mol. The van der Waals surface area contributed by atoms with Gasteiger partial charge in [0.05, 0.1) is 32.4 Å². The van der Waals surface area contributed by atoms with Crippen LogP contribution in [0.5, 0.6) is 0 Å². The maximum atomic E-state index is 5.25. The topological polar surface area (TPSA) is 74.1 Å². The van der Waals surface area contributed by atoms with Gasteiger partial charge in [0.1, 0.15) is 0 Å². The first-order chi connectivity index (χ1) is 10.3. The molecular weight excluding hydrogens is 270 g/mol. The minimum atomic E-state index is 0.313. The van der Waals surface area contributed by atoms with Crippen LogP contribution in [0.1, 0.15) is 24.7 Å². The summed E-state index contributed by atoms with van der Waals surface area (Å²) in [6, 6.07) is 0.313. The zero-order valence-corrected chi connectivity index (χ0v) is 12.2. The Morgan fingerprint density at radius 2 is 2.05 bits per heavy atom. The highest BCUT2D eigenvalue weighted by Gasteiger charge is 2.26. The summed E-state index contributed by atoms with van der Waals surface area (Å²) in [5.41, 5.74) is 0.743. The highest BCUT2D eigenvalue weighted by Crippen LogP contribution is 2.23. The summed E-state index contributed by atoms with van der Waals surface area (Å²) in [6.07, 6.45) is 8.81. The van der Waals surface area contributed by atoms with Crippen LogP contribution in [-0.2, 0) is 9.47 Å². The lowest BCUT2D eigenvalue weighted by atomic mass is 10.1. The van der Waals surface area contributed by atoms with Gasteiger partial charge in [-0.3, -0.25) is 0 Å². The molecule has 110 valence electrons. The number of hydrogen-bond acceptors (Lipinski definition) is 6. The highest BCUT2D eigenvalue weighted by atomic mass is 16.5. The molecule has 1 aliphatic carbocycles. The molecule has 0 aromatic carbocycles. The monoisotopic (exact) mass is 288 g/mol. The number of nitrogens with zero attached hydrogens (tertiary/aromatic N) is 4. The van der Waals surface area contributed by atoms with Crippen LogP contribution in [0.2, 0.25) is 0 Å². The number of methoxy groups -OCH3 is 2. The third-order valence-corrected chi connectivity index (χ3v) is 3.60. The third-order valence-electron chi connectivity index (χ3n) is 3.60. The number of ether oxygens (including phenoxy) is 2. The Morgan fingerprint density at radius 3 is 2.76 bits per heavy atom. The largest absolute Gasteiger partial charge is 0.471 e. The molecule has 1 aromatic rings. The Hall–Kier alpha value is -2.24. The molecule has 1 N–H and O–H groups in total. The molecule has 0 amide bonds. The average Bonchev–Trinajstić information content (AvgIpc) is 3.05. The van der Waals surface area contributed by atoms with Gasteiger partial charge >= 0.3 is 5.76 Å². The van der Waals surface area contributed by atoms with Crippen molar-refractivity contribution in [3.8, 4) is 0 Å². The van der Waals surface area contributed by atoms with E-state index in [-0.39, 0.29) is 0 Å². The van der Waals surface area contributed by atoms with E-state index < -0.39 is 0 Å². The minimum absolute atomic E-state index is 0.313. The Morgan fingerprint density at radius 1 is 1.24 bits per heavy atom. The summed E-state index contributed by atoms with van der Waals surface area (Å²) in [5, 5.41) is 16.1. The maximum absolute atomic E-state index is 5.25. The quantitative estimate of drug-likeness (QED) is 0.828. The van der Waals surface area contributed by atoms with Crippen LogP contribution in [0.3, 0.4) is 0 Å². The van der Waals surface area contributed by atoms with Crippen molar-refractivity contribution in [3.63, 3.8) is 0 Å². The van der Waals surface area contributed by atoms with Gasteiger partial charge in [0, 0.05) is 6.08 Å². The molecule has 0 radical (unpaired) electrons. The van der Waals surface area contributed by atoms with Crippen LogP contribution in [-0.4, -0.2) is 47.5 Å². The summed E-state index contributed by atoms with van der Waals surface area (Å²) in [5.74, 6) is 1.72. The third kappa shape index (κ3) is 2.79. The Kier molecular flexibility index (Phi) is 3.94. The van der Waals surface area contributed by atoms with E-state index in [0.717, 1.165) is 31.5 Å². The first-order valence-electron chi connectivity index (χ1n) is 6.96. The molecule has 1 fully saturated rings. The lowest BCUT2D eigenvalue weighted by molar-refractivity contribution is 0.239. The average molecular weight is 288 g/mol. The van der Waals surface area contributed by atoms with Crippen molar-refractivity contribution < 1.29 is 9.47 Å². The smallest absolute Gasteiger partial charge is 0.303 e. The Bertz CT molecular complexity index is 596. The second-order valence-corrected chi connectivity index (χ2v) is 4.89. The van der Waals surface area contributed by atoms with Crippen molar-refractivity contribution in [2.75, 3.05) is 27.3 Å². The molecule has 7 nitrogen and oxygen atoms in total. The van der Waals surface area contributed by atoms with Crippen molar-refractivity contribution in [1.82, 2.24) is 25.5 Å². The fourth-order valence-electron chi connectivity index (χ4n) is 2.43. The molecule has 1 saturated heterocycles. The SMILES string of the molecule is COC1=C(OC)C=CC(c2nnn(C3CCNCC3)n2)=[C+]1. The van der Waals surface area contributed by atoms with Gasteiger partial charge in [-0.15, -0.1) is 4.80 Å². The minimum Gasteiger partial charge on any atom is -0.471 e. The second-order valence-electron chi connectivity index (χ2n) is 4.89. The lowest BCUT2D eigenvalue weighted by Gasteiger charge is -2.20. The molecule has 7 heteroatoms. The van der Waals surface area contributed by atoms with Crippen LogP contribution in [0.25, 0.3) is 5.57 Å². The molecule has 0 spiro atoms. The van der Waals surface area contributed by atoms with Crippen LogP contribution in [0.4, 0.5) is 0 Å². The molecule has 2 aliphatic rings. The van der Waals surface area contributed by atoms with Gasteiger partial charge in [0.2, 0.25) is 5.57 Å². The first kappa shape index (κ1) is 13.7. The summed E-state index contributed by atoms with van der Waals surface area (Å²) in [7, 11) is 3.18. The normalized spacial score (nSPS) is 19.2. The van der Waals surface area contributed by atoms with Gasteiger partial charge in [0.25, 0.3) is 11.6 Å². The van der Waals surface area contributed by atoms with E-state index in [4.69, 9.17) is 9.47 Å². The zero-order chi connectivity index (χ0) is 14.7. The van der Waals surface area contributed by atoms with E-state index in [1.807, 2.05) is 12.2 Å². The number of aromatic nitrogens is 4. The van der Waals surface area contributed by atoms with Gasteiger partial charge in [-0.1, -0.05) is 10.2 Å². The molecule has 0 unspecified atom stereocenters. The standard InChI is InChI=1S/C14H18N5O2/c1-20-12-4-3-10(9-13(12)21-2)14-16-18-19(17-14)11-5-7-15-8-6-11/h3-4,11,15H,5-8H2,1-2H3/q+1. The molecule has 21 heavy (non-hydrogen) atoms. The fourth-order valence-corrected chi connectivity index (χ4v) is 2.43. The first-order valence-corrected chi connectivity index (χ1v) is 6.96. The molecule has 0 atom stereocenters. The van der Waals surface area contributed by atoms with Crippen molar-refractivity contribution in [2.24, 2.45) is 0 Å². The van der Waals surface area contributed by atoms with Crippen molar-refractivity contribution >= 4 is 5.57 Å². The molecular formula is C14H18N5O2+. The van der Waals surface area contributed by atoms with Gasteiger partial charge in [0.15, 0.2) is 0 Å². The van der Waals surface area contributed by atoms with Crippen molar-refractivity contribution in [2.45, 2.75) is 18.9 Å². The van der Waals surface area contributed by atoms with E-state index in [9.17, 15) is 0 Å². The number of allylic oxidation sites excluding steroid dienone is 4. The van der Waals surface area contributed by atoms with Crippen LogP contribution in [0, 0.1) is 6.08 Å². The molecule has 1 aliphatic heterocycles. The Balaban J connectivity index is 1.82. The fraction of sp³-hybridized carbons (Fsp3) is 0.500. The highest BCUT2D eigenvalue weighted by molar-refractivity contribution is 5.71. The van der Waals surface area contributed by atoms with Crippen LogP contribution >= 0.6 is 0 Å². The Labute approximate surface area is 123 Å². The molecule has 2 heterocycles. The van der Waals surface area contributed by atoms with Crippen molar-refractivity contribution in [1.29, 1.82) is 0 Å².